The third-order valence-electron chi connectivity index (χ3n) is 3.82. The van der Waals surface area contributed by atoms with Crippen LogP contribution in [-0.4, -0.2) is 20.7 Å². The molecule has 3 aromatic rings. The Bertz CT molecular complexity index is 930. The molecule has 0 radical (unpaired) electrons. The molecule has 0 fully saturated rings. The Labute approximate surface area is 151 Å². The van der Waals surface area contributed by atoms with Gasteiger partial charge in [-0.2, -0.15) is 5.10 Å². The van der Waals surface area contributed by atoms with Crippen LogP contribution in [0.2, 0.25) is 5.15 Å². The summed E-state index contributed by atoms with van der Waals surface area (Å²) in [5.74, 6) is -0.147. The van der Waals surface area contributed by atoms with Gasteiger partial charge in [-0.25, -0.2) is 4.68 Å². The number of ketones is 1. The van der Waals surface area contributed by atoms with Gasteiger partial charge in [0.1, 0.15) is 10.9 Å². The van der Waals surface area contributed by atoms with Crippen molar-refractivity contribution in [2.24, 2.45) is 0 Å². The molecule has 2 aromatic carbocycles. The maximum Gasteiger partial charge on any atom is 0.185 e. The summed E-state index contributed by atoms with van der Waals surface area (Å²) in [7, 11) is 0. The molecule has 0 saturated heterocycles. The Hall–Kier alpha value is -2.85. The number of nitrogens with zero attached hydrogens (tertiary/aromatic N) is 2. The molecule has 0 aliphatic heterocycles. The SMILES string of the molecule is Cc1nn(Cc2ccccc2)c(Cl)c1/C=C/C(=O)c1cccc(O)c1. The first-order valence-electron chi connectivity index (χ1n) is 7.83. The highest BCUT2D eigenvalue weighted by atomic mass is 35.5. The summed E-state index contributed by atoms with van der Waals surface area (Å²) in [4.78, 5) is 12.2. The number of rotatable bonds is 5. The third-order valence-corrected chi connectivity index (χ3v) is 4.22. The van der Waals surface area contributed by atoms with Gasteiger partial charge in [0.15, 0.2) is 5.78 Å². The molecule has 0 bridgehead atoms. The van der Waals surface area contributed by atoms with Gasteiger partial charge < -0.3 is 5.11 Å². The smallest absolute Gasteiger partial charge is 0.185 e. The topological polar surface area (TPSA) is 55.1 Å². The van der Waals surface area contributed by atoms with Crippen LogP contribution in [0.3, 0.4) is 0 Å². The van der Waals surface area contributed by atoms with Gasteiger partial charge in [0, 0.05) is 11.1 Å². The molecule has 0 amide bonds. The van der Waals surface area contributed by atoms with E-state index in [9.17, 15) is 9.90 Å². The zero-order valence-electron chi connectivity index (χ0n) is 13.7. The highest BCUT2D eigenvalue weighted by Crippen LogP contribution is 2.23. The van der Waals surface area contributed by atoms with Crippen LogP contribution < -0.4 is 0 Å². The fraction of sp³-hybridized carbons (Fsp3) is 0.100. The first-order valence-corrected chi connectivity index (χ1v) is 8.20. The highest BCUT2D eigenvalue weighted by Gasteiger charge is 2.12. The fourth-order valence-corrected chi connectivity index (χ4v) is 2.83. The molecule has 0 aliphatic carbocycles. The molecule has 25 heavy (non-hydrogen) atoms. The number of aryl methyl sites for hydroxylation is 1. The predicted molar refractivity (Wildman–Crippen MR) is 99.0 cm³/mol. The van der Waals surface area contributed by atoms with Crippen molar-refractivity contribution >= 4 is 23.5 Å². The summed E-state index contributed by atoms with van der Waals surface area (Å²) in [5, 5.41) is 14.4. The molecule has 126 valence electrons. The number of benzene rings is 2. The number of phenols is 1. The molecule has 0 spiro atoms. The van der Waals surface area contributed by atoms with Crippen molar-refractivity contribution in [3.8, 4) is 5.75 Å². The number of aromatic hydroxyl groups is 1. The van der Waals surface area contributed by atoms with Crippen molar-refractivity contribution in [3.63, 3.8) is 0 Å². The summed E-state index contributed by atoms with van der Waals surface area (Å²) in [5.41, 5.74) is 2.98. The Morgan fingerprint density at radius 1 is 1.20 bits per heavy atom. The second-order valence-electron chi connectivity index (χ2n) is 5.68. The van der Waals surface area contributed by atoms with Crippen molar-refractivity contribution in [2.45, 2.75) is 13.5 Å². The Morgan fingerprint density at radius 3 is 2.68 bits per heavy atom. The molecule has 1 N–H and O–H groups in total. The van der Waals surface area contributed by atoms with Crippen molar-refractivity contribution < 1.29 is 9.90 Å². The largest absolute Gasteiger partial charge is 0.508 e. The standard InChI is InChI=1S/C20H17ClN2O2/c1-14-18(10-11-19(25)16-8-5-9-17(24)12-16)20(21)23(22-14)13-15-6-3-2-4-7-15/h2-12,24H,13H2,1H3/b11-10+. The van der Waals surface area contributed by atoms with Crippen molar-refractivity contribution in [1.29, 1.82) is 0 Å². The van der Waals surface area contributed by atoms with E-state index in [4.69, 9.17) is 11.6 Å². The lowest BCUT2D eigenvalue weighted by molar-refractivity contribution is 0.104. The number of carbonyl (C=O) groups is 1. The van der Waals surface area contributed by atoms with Crippen LogP contribution >= 0.6 is 11.6 Å². The van der Waals surface area contributed by atoms with Gasteiger partial charge in [0.05, 0.1) is 12.2 Å². The Kier molecular flexibility index (Phi) is 5.00. The second-order valence-corrected chi connectivity index (χ2v) is 6.04. The van der Waals surface area contributed by atoms with E-state index >= 15 is 0 Å². The molecule has 5 heteroatoms. The second kappa shape index (κ2) is 7.36. The molecule has 0 saturated carbocycles. The van der Waals surface area contributed by atoms with Gasteiger partial charge in [-0.05, 0) is 36.8 Å². The Balaban J connectivity index is 1.82. The lowest BCUT2D eigenvalue weighted by Crippen LogP contribution is -2.01. The van der Waals surface area contributed by atoms with Crippen LogP contribution in [0.25, 0.3) is 6.08 Å². The molecule has 1 heterocycles. The van der Waals surface area contributed by atoms with Crippen molar-refractivity contribution in [3.05, 3.63) is 88.2 Å². The maximum absolute atomic E-state index is 12.2. The van der Waals surface area contributed by atoms with Crippen LogP contribution in [0.1, 0.15) is 27.2 Å². The molecule has 0 atom stereocenters. The van der Waals surface area contributed by atoms with E-state index in [1.807, 2.05) is 37.3 Å². The van der Waals surface area contributed by atoms with Crippen molar-refractivity contribution in [1.82, 2.24) is 9.78 Å². The summed E-state index contributed by atoms with van der Waals surface area (Å²) in [6, 6.07) is 16.1. The monoisotopic (exact) mass is 352 g/mol. The average molecular weight is 353 g/mol. The van der Waals surface area contributed by atoms with Gasteiger partial charge in [-0.15, -0.1) is 0 Å². The number of phenolic OH excluding ortho intramolecular Hbond substituents is 1. The lowest BCUT2D eigenvalue weighted by Gasteiger charge is -2.03. The zero-order valence-corrected chi connectivity index (χ0v) is 14.4. The van der Waals surface area contributed by atoms with E-state index in [0.29, 0.717) is 22.8 Å². The minimum absolute atomic E-state index is 0.0594. The van der Waals surface area contributed by atoms with Gasteiger partial charge >= 0.3 is 0 Å². The van der Waals surface area contributed by atoms with Crippen LogP contribution in [0, 0.1) is 6.92 Å². The van der Waals surface area contributed by atoms with Crippen LogP contribution in [0.15, 0.2) is 60.7 Å². The molecule has 0 unspecified atom stereocenters. The van der Waals surface area contributed by atoms with E-state index in [1.165, 1.54) is 18.2 Å². The first kappa shape index (κ1) is 17.0. The van der Waals surface area contributed by atoms with E-state index in [0.717, 1.165) is 11.3 Å². The van der Waals surface area contributed by atoms with Gasteiger partial charge in [-0.3, -0.25) is 4.79 Å². The summed E-state index contributed by atoms with van der Waals surface area (Å²) >= 11 is 6.43. The molecular weight excluding hydrogens is 336 g/mol. The lowest BCUT2D eigenvalue weighted by atomic mass is 10.1. The normalized spacial score (nSPS) is 11.1. The predicted octanol–water partition coefficient (Wildman–Crippen LogP) is 4.49. The number of hydrogen-bond acceptors (Lipinski definition) is 3. The number of allylic oxidation sites excluding steroid dienone is 1. The van der Waals surface area contributed by atoms with Crippen LogP contribution in [0.4, 0.5) is 0 Å². The zero-order chi connectivity index (χ0) is 17.8. The number of carbonyl (C=O) groups excluding carboxylic acids is 1. The minimum Gasteiger partial charge on any atom is -0.508 e. The quantitative estimate of drug-likeness (QED) is 0.543. The number of aromatic nitrogens is 2. The molecule has 3 rings (SSSR count). The molecule has 0 aliphatic rings. The van der Waals surface area contributed by atoms with Gasteiger partial charge in [0.2, 0.25) is 0 Å². The first-order chi connectivity index (χ1) is 12.0. The van der Waals surface area contributed by atoms with E-state index in [2.05, 4.69) is 5.10 Å². The minimum atomic E-state index is -0.206. The number of hydrogen-bond donors (Lipinski definition) is 1. The molecular formula is C20H17ClN2O2. The van der Waals surface area contributed by atoms with Crippen LogP contribution in [0.5, 0.6) is 5.75 Å². The third kappa shape index (κ3) is 3.98. The fourth-order valence-electron chi connectivity index (χ4n) is 2.53. The van der Waals surface area contributed by atoms with E-state index in [-0.39, 0.29) is 11.5 Å². The van der Waals surface area contributed by atoms with Crippen molar-refractivity contribution in [2.75, 3.05) is 0 Å². The van der Waals surface area contributed by atoms with E-state index < -0.39 is 0 Å². The molecule has 1 aromatic heterocycles. The average Bonchev–Trinajstić information content (AvgIpc) is 2.87. The van der Waals surface area contributed by atoms with Gasteiger partial charge in [0.25, 0.3) is 0 Å². The maximum atomic E-state index is 12.2. The van der Waals surface area contributed by atoms with Crippen LogP contribution in [-0.2, 0) is 6.54 Å². The highest BCUT2D eigenvalue weighted by molar-refractivity contribution is 6.31. The summed E-state index contributed by atoms with van der Waals surface area (Å²) < 4.78 is 1.71. The molecule has 4 nitrogen and oxygen atoms in total. The Morgan fingerprint density at radius 2 is 1.96 bits per heavy atom. The summed E-state index contributed by atoms with van der Waals surface area (Å²) in [6.07, 6.45) is 3.11. The van der Waals surface area contributed by atoms with Gasteiger partial charge in [-0.1, -0.05) is 54.1 Å². The number of halogens is 1. The summed E-state index contributed by atoms with van der Waals surface area (Å²) in [6.45, 7) is 2.42. The van der Waals surface area contributed by atoms with E-state index in [1.54, 1.807) is 22.9 Å².